The van der Waals surface area contributed by atoms with Crippen molar-refractivity contribution in [3.8, 4) is 0 Å². The second kappa shape index (κ2) is 6.25. The van der Waals surface area contributed by atoms with E-state index in [0.717, 1.165) is 17.4 Å². The molecule has 0 saturated heterocycles. The number of fused-ring (bicyclic) bond motifs is 2. The molecule has 22 heavy (non-hydrogen) atoms. The molecule has 1 fully saturated rings. The fraction of sp³-hybridized carbons (Fsp3) is 0.333. The first kappa shape index (κ1) is 14.0. The van der Waals surface area contributed by atoms with Crippen LogP contribution >= 0.6 is 0 Å². The van der Waals surface area contributed by atoms with Gasteiger partial charge >= 0.3 is 0 Å². The molecular formula is C21H24Si. The Hall–Kier alpha value is -1.60. The molecule has 0 heterocycles. The Kier molecular flexibility index (Phi) is 3.99. The van der Waals surface area contributed by atoms with Crippen molar-refractivity contribution < 1.29 is 0 Å². The molecule has 0 amide bonds. The number of hydrogen-bond donors (Lipinski definition) is 0. The lowest BCUT2D eigenvalue weighted by Gasteiger charge is -2.22. The Balaban J connectivity index is 1.52. The first-order chi connectivity index (χ1) is 10.9. The predicted molar refractivity (Wildman–Crippen MR) is 97.2 cm³/mol. The van der Waals surface area contributed by atoms with Gasteiger partial charge in [0.2, 0.25) is 0 Å². The van der Waals surface area contributed by atoms with Gasteiger partial charge in [0.05, 0.1) is 0 Å². The summed E-state index contributed by atoms with van der Waals surface area (Å²) < 4.78 is 0. The van der Waals surface area contributed by atoms with Gasteiger partial charge in [-0.05, 0) is 41.3 Å². The SMILES string of the molecule is C1=CC2CC1CC2[SiH2]CC(c1ccccc1)c1ccccc1. The smallest absolute Gasteiger partial charge is 0.0249 e. The topological polar surface area (TPSA) is 0 Å². The van der Waals surface area contributed by atoms with Crippen LogP contribution in [0.4, 0.5) is 0 Å². The number of rotatable bonds is 5. The third-order valence-corrected chi connectivity index (χ3v) is 8.24. The summed E-state index contributed by atoms with van der Waals surface area (Å²) in [7, 11) is -0.0266. The fourth-order valence-electron chi connectivity index (χ4n) is 4.50. The van der Waals surface area contributed by atoms with E-state index in [-0.39, 0.29) is 9.52 Å². The standard InChI is InChI=1S/C21H24Si/c1-3-7-17(8-4-1)20(18-9-5-2-6-10-18)15-22-21-14-16-11-12-19(21)13-16/h1-12,16,19-21H,13-15,22H2. The van der Waals surface area contributed by atoms with Crippen molar-refractivity contribution in [1.82, 2.24) is 0 Å². The quantitative estimate of drug-likeness (QED) is 0.550. The summed E-state index contributed by atoms with van der Waals surface area (Å²) in [5.41, 5.74) is 4.06. The van der Waals surface area contributed by atoms with E-state index < -0.39 is 0 Å². The van der Waals surface area contributed by atoms with E-state index in [1.807, 2.05) is 0 Å². The lowest BCUT2D eigenvalue weighted by Crippen LogP contribution is -2.13. The van der Waals surface area contributed by atoms with Crippen LogP contribution in [0, 0.1) is 11.8 Å². The Labute approximate surface area is 136 Å². The van der Waals surface area contributed by atoms with Gasteiger partial charge in [-0.15, -0.1) is 0 Å². The third-order valence-electron chi connectivity index (χ3n) is 5.65. The molecule has 2 aliphatic rings. The average Bonchev–Trinajstić information content (AvgIpc) is 3.20. The minimum absolute atomic E-state index is 0.0266. The zero-order valence-electron chi connectivity index (χ0n) is 13.1. The molecule has 2 bridgehead atoms. The molecule has 1 saturated carbocycles. The first-order valence-corrected chi connectivity index (χ1v) is 10.5. The van der Waals surface area contributed by atoms with Crippen LogP contribution in [0.1, 0.15) is 29.9 Å². The molecule has 1 heteroatoms. The number of allylic oxidation sites excluding steroid dienone is 2. The summed E-state index contributed by atoms with van der Waals surface area (Å²) in [6.45, 7) is 0. The van der Waals surface area contributed by atoms with Crippen molar-refractivity contribution >= 4 is 9.52 Å². The molecule has 0 aromatic heterocycles. The van der Waals surface area contributed by atoms with E-state index in [9.17, 15) is 0 Å². The minimum Gasteiger partial charge on any atom is -0.0851 e. The highest BCUT2D eigenvalue weighted by Crippen LogP contribution is 2.47. The molecule has 3 atom stereocenters. The Morgan fingerprint density at radius 3 is 1.95 bits per heavy atom. The highest BCUT2D eigenvalue weighted by Gasteiger charge is 2.35. The van der Waals surface area contributed by atoms with Crippen LogP contribution in [0.3, 0.4) is 0 Å². The molecule has 0 radical (unpaired) electrons. The number of hydrogen-bond acceptors (Lipinski definition) is 0. The maximum Gasteiger partial charge on any atom is 0.0249 e. The van der Waals surface area contributed by atoms with Gasteiger partial charge in [-0.25, -0.2) is 0 Å². The molecule has 0 nitrogen and oxygen atoms in total. The summed E-state index contributed by atoms with van der Waals surface area (Å²) in [6.07, 6.45) is 7.94. The van der Waals surface area contributed by atoms with Crippen molar-refractivity contribution in [1.29, 1.82) is 0 Å². The lowest BCUT2D eigenvalue weighted by atomic mass is 9.93. The highest BCUT2D eigenvalue weighted by atomic mass is 28.2. The molecule has 112 valence electrons. The summed E-state index contributed by atoms with van der Waals surface area (Å²) in [6, 6.07) is 23.7. The second-order valence-corrected chi connectivity index (χ2v) is 9.20. The molecular weight excluding hydrogens is 280 g/mol. The van der Waals surface area contributed by atoms with E-state index in [2.05, 4.69) is 72.8 Å². The van der Waals surface area contributed by atoms with Crippen molar-refractivity contribution in [2.24, 2.45) is 11.8 Å². The maximum atomic E-state index is 2.52. The van der Waals surface area contributed by atoms with Gasteiger partial charge in [-0.2, -0.15) is 0 Å². The Bertz CT molecular complexity index is 592. The third kappa shape index (κ3) is 2.82. The van der Waals surface area contributed by atoms with Crippen LogP contribution in [-0.2, 0) is 0 Å². The van der Waals surface area contributed by atoms with Crippen molar-refractivity contribution in [3.63, 3.8) is 0 Å². The van der Waals surface area contributed by atoms with Gasteiger partial charge in [0.1, 0.15) is 0 Å². The molecule has 3 unspecified atom stereocenters. The Morgan fingerprint density at radius 1 is 0.818 bits per heavy atom. The summed E-state index contributed by atoms with van der Waals surface area (Å²) in [5, 5.41) is 0. The zero-order valence-corrected chi connectivity index (χ0v) is 14.5. The highest BCUT2D eigenvalue weighted by molar-refractivity contribution is 6.38. The van der Waals surface area contributed by atoms with Crippen LogP contribution < -0.4 is 0 Å². The molecule has 0 spiro atoms. The first-order valence-electron chi connectivity index (χ1n) is 8.68. The number of benzene rings is 2. The van der Waals surface area contributed by atoms with Gasteiger partial charge < -0.3 is 0 Å². The molecule has 2 aliphatic carbocycles. The molecule has 0 aliphatic heterocycles. The lowest BCUT2D eigenvalue weighted by molar-refractivity contribution is 0.684. The van der Waals surface area contributed by atoms with E-state index in [0.29, 0.717) is 5.92 Å². The van der Waals surface area contributed by atoms with Crippen LogP contribution in [-0.4, -0.2) is 9.52 Å². The van der Waals surface area contributed by atoms with Gasteiger partial charge in [-0.3, -0.25) is 0 Å². The van der Waals surface area contributed by atoms with E-state index >= 15 is 0 Å². The minimum atomic E-state index is -0.0266. The van der Waals surface area contributed by atoms with E-state index in [4.69, 9.17) is 0 Å². The summed E-state index contributed by atoms with van der Waals surface area (Å²) in [4.78, 5) is 0. The molecule has 4 rings (SSSR count). The van der Waals surface area contributed by atoms with Crippen LogP contribution in [0.5, 0.6) is 0 Å². The second-order valence-electron chi connectivity index (χ2n) is 6.99. The normalized spacial score (nSPS) is 26.5. The summed E-state index contributed by atoms with van der Waals surface area (Å²) in [5.74, 6) is 2.47. The van der Waals surface area contributed by atoms with Crippen LogP contribution in [0.2, 0.25) is 11.6 Å². The maximum absolute atomic E-state index is 2.52. The van der Waals surface area contributed by atoms with Crippen molar-refractivity contribution in [2.75, 3.05) is 0 Å². The fourth-order valence-corrected chi connectivity index (χ4v) is 7.37. The van der Waals surface area contributed by atoms with E-state index in [1.165, 1.54) is 30.0 Å². The van der Waals surface area contributed by atoms with Crippen LogP contribution in [0.15, 0.2) is 72.8 Å². The van der Waals surface area contributed by atoms with Gasteiger partial charge in [0.15, 0.2) is 0 Å². The van der Waals surface area contributed by atoms with Crippen molar-refractivity contribution in [3.05, 3.63) is 83.9 Å². The van der Waals surface area contributed by atoms with E-state index in [1.54, 1.807) is 0 Å². The van der Waals surface area contributed by atoms with Gasteiger partial charge in [0.25, 0.3) is 0 Å². The largest absolute Gasteiger partial charge is 0.0851 e. The average molecular weight is 305 g/mol. The Morgan fingerprint density at radius 2 is 1.45 bits per heavy atom. The van der Waals surface area contributed by atoms with Gasteiger partial charge in [0, 0.05) is 15.4 Å². The van der Waals surface area contributed by atoms with Crippen molar-refractivity contribution in [2.45, 2.75) is 30.3 Å². The predicted octanol–water partition coefficient (Wildman–Crippen LogP) is 4.79. The molecule has 2 aromatic rings. The zero-order chi connectivity index (χ0) is 14.8. The molecule has 0 N–H and O–H groups in total. The summed E-state index contributed by atoms with van der Waals surface area (Å²) >= 11 is 0. The van der Waals surface area contributed by atoms with Gasteiger partial charge in [-0.1, -0.05) is 78.9 Å². The monoisotopic (exact) mass is 304 g/mol. The molecule has 2 aromatic carbocycles. The van der Waals surface area contributed by atoms with Crippen LogP contribution in [0.25, 0.3) is 0 Å².